The number of ether oxygens (including phenoxy) is 1. The lowest BCUT2D eigenvalue weighted by Gasteiger charge is -2.29. The normalized spacial score (nSPS) is 18.6. The molecular formula is C27H37NO3. The van der Waals surface area contributed by atoms with E-state index in [1.807, 2.05) is 62.1 Å². The summed E-state index contributed by atoms with van der Waals surface area (Å²) in [4.78, 5) is 14.5. The molecule has 31 heavy (non-hydrogen) atoms. The highest BCUT2D eigenvalue weighted by Gasteiger charge is 2.32. The van der Waals surface area contributed by atoms with Crippen LogP contribution in [0.5, 0.6) is 0 Å². The van der Waals surface area contributed by atoms with Crippen molar-refractivity contribution in [1.82, 2.24) is 4.90 Å². The highest BCUT2D eigenvalue weighted by atomic mass is 16.6. The molecule has 1 amide bonds. The number of carbonyl (C=O) groups excluding carboxylic acids is 1. The van der Waals surface area contributed by atoms with E-state index in [1.54, 1.807) is 0 Å². The van der Waals surface area contributed by atoms with Gasteiger partial charge in [0, 0.05) is 18.5 Å². The Hall–Kier alpha value is -2.33. The molecule has 4 heteroatoms. The second-order valence-electron chi connectivity index (χ2n) is 9.67. The number of hydrogen-bond acceptors (Lipinski definition) is 3. The minimum Gasteiger partial charge on any atom is -0.444 e. The minimum atomic E-state index is -0.468. The summed E-state index contributed by atoms with van der Waals surface area (Å²) in [6.45, 7) is 6.51. The number of carbonyl (C=O) groups is 1. The van der Waals surface area contributed by atoms with Crippen molar-refractivity contribution in [2.75, 3.05) is 6.54 Å². The lowest BCUT2D eigenvalue weighted by atomic mass is 9.85. The highest BCUT2D eigenvalue weighted by Crippen LogP contribution is 2.30. The molecule has 1 heterocycles. The van der Waals surface area contributed by atoms with Crippen LogP contribution in [-0.4, -0.2) is 40.4 Å². The Balaban J connectivity index is 1.60. The summed E-state index contributed by atoms with van der Waals surface area (Å²) in [7, 11) is 0. The van der Waals surface area contributed by atoms with Gasteiger partial charge >= 0.3 is 6.09 Å². The lowest BCUT2D eigenvalue weighted by molar-refractivity contribution is 0.0217. The van der Waals surface area contributed by atoms with Gasteiger partial charge in [-0.15, -0.1) is 0 Å². The fourth-order valence-corrected chi connectivity index (χ4v) is 4.55. The molecule has 0 aliphatic carbocycles. The van der Waals surface area contributed by atoms with Crippen LogP contribution in [0.25, 0.3) is 0 Å². The van der Waals surface area contributed by atoms with Crippen molar-refractivity contribution < 1.29 is 14.6 Å². The molecule has 3 unspecified atom stereocenters. The third-order valence-corrected chi connectivity index (χ3v) is 6.04. The first-order valence-corrected chi connectivity index (χ1v) is 11.6. The molecule has 168 valence electrons. The molecular weight excluding hydrogens is 386 g/mol. The predicted octanol–water partition coefficient (Wildman–Crippen LogP) is 5.94. The Labute approximate surface area is 187 Å². The fourth-order valence-electron chi connectivity index (χ4n) is 4.55. The zero-order valence-electron chi connectivity index (χ0n) is 19.2. The van der Waals surface area contributed by atoms with E-state index < -0.39 is 11.7 Å². The average molecular weight is 424 g/mol. The molecule has 1 aliphatic heterocycles. The van der Waals surface area contributed by atoms with Crippen LogP contribution in [0.15, 0.2) is 60.7 Å². The van der Waals surface area contributed by atoms with Gasteiger partial charge < -0.3 is 14.7 Å². The summed E-state index contributed by atoms with van der Waals surface area (Å²) in [6.07, 6.45) is 4.89. The molecule has 3 atom stereocenters. The molecule has 1 fully saturated rings. The number of amides is 1. The molecule has 0 spiro atoms. The van der Waals surface area contributed by atoms with Gasteiger partial charge in [-0.3, -0.25) is 0 Å². The standard InChI is InChI=1S/C27H37NO3/c1-27(2,3)31-26(30)28-19-11-17-23(28)16-10-18-24(22-14-8-5-9-15-22)25(29)20-21-12-6-4-7-13-21/h4-9,12-15,23-25,29H,10-11,16-20H2,1-3H3. The van der Waals surface area contributed by atoms with Crippen molar-refractivity contribution in [2.24, 2.45) is 0 Å². The van der Waals surface area contributed by atoms with Gasteiger partial charge in [0.25, 0.3) is 0 Å². The Morgan fingerprint density at radius 1 is 1.10 bits per heavy atom. The first-order valence-electron chi connectivity index (χ1n) is 11.6. The summed E-state index contributed by atoms with van der Waals surface area (Å²) < 4.78 is 5.60. The van der Waals surface area contributed by atoms with E-state index in [-0.39, 0.29) is 18.1 Å². The fraction of sp³-hybridized carbons (Fsp3) is 0.519. The van der Waals surface area contributed by atoms with E-state index in [9.17, 15) is 9.90 Å². The monoisotopic (exact) mass is 423 g/mol. The van der Waals surface area contributed by atoms with Crippen molar-refractivity contribution in [3.8, 4) is 0 Å². The van der Waals surface area contributed by atoms with Crippen molar-refractivity contribution in [3.63, 3.8) is 0 Å². The summed E-state index contributed by atoms with van der Waals surface area (Å²) in [6, 6.07) is 20.7. The van der Waals surface area contributed by atoms with E-state index in [2.05, 4.69) is 24.3 Å². The number of benzene rings is 2. The number of aliphatic hydroxyl groups is 1. The molecule has 0 radical (unpaired) electrons. The Morgan fingerprint density at radius 2 is 1.74 bits per heavy atom. The molecule has 0 aromatic heterocycles. The average Bonchev–Trinajstić information content (AvgIpc) is 3.20. The first kappa shape index (κ1) is 23.3. The first-order chi connectivity index (χ1) is 14.8. The van der Waals surface area contributed by atoms with Crippen molar-refractivity contribution in [2.45, 2.75) is 83.0 Å². The van der Waals surface area contributed by atoms with Gasteiger partial charge in [0.1, 0.15) is 5.60 Å². The Kier molecular flexibility index (Phi) is 8.14. The maximum absolute atomic E-state index is 12.6. The van der Waals surface area contributed by atoms with E-state index in [0.717, 1.165) is 44.2 Å². The lowest BCUT2D eigenvalue weighted by Crippen LogP contribution is -2.39. The minimum absolute atomic E-state index is 0.0813. The molecule has 3 rings (SSSR count). The molecule has 1 N–H and O–H groups in total. The SMILES string of the molecule is CC(C)(C)OC(=O)N1CCCC1CCCC(c1ccccc1)C(O)Cc1ccccc1. The third kappa shape index (κ3) is 7.10. The van der Waals surface area contributed by atoms with Gasteiger partial charge in [-0.05, 0) is 64.0 Å². The van der Waals surface area contributed by atoms with Gasteiger partial charge in [0.15, 0.2) is 0 Å². The second kappa shape index (κ2) is 10.8. The van der Waals surface area contributed by atoms with Crippen LogP contribution in [0.2, 0.25) is 0 Å². The molecule has 2 aromatic rings. The Bertz CT molecular complexity index is 800. The molecule has 2 aromatic carbocycles. The summed E-state index contributed by atoms with van der Waals surface area (Å²) in [5.41, 5.74) is 1.87. The third-order valence-electron chi connectivity index (χ3n) is 6.04. The van der Waals surface area contributed by atoms with Gasteiger partial charge in [0.05, 0.1) is 6.10 Å². The predicted molar refractivity (Wildman–Crippen MR) is 125 cm³/mol. The van der Waals surface area contributed by atoms with Gasteiger partial charge in [-0.1, -0.05) is 67.1 Å². The largest absolute Gasteiger partial charge is 0.444 e. The molecule has 1 aliphatic rings. The number of nitrogens with zero attached hydrogens (tertiary/aromatic N) is 1. The number of rotatable bonds is 8. The molecule has 0 saturated carbocycles. The van der Waals surface area contributed by atoms with Crippen LogP contribution in [-0.2, 0) is 11.2 Å². The van der Waals surface area contributed by atoms with Crippen LogP contribution in [0, 0.1) is 0 Å². The molecule has 1 saturated heterocycles. The second-order valence-corrected chi connectivity index (χ2v) is 9.67. The summed E-state index contributed by atoms with van der Waals surface area (Å²) in [5, 5.41) is 11.1. The Morgan fingerprint density at radius 3 is 2.39 bits per heavy atom. The number of aliphatic hydroxyl groups excluding tert-OH is 1. The topological polar surface area (TPSA) is 49.8 Å². The molecule has 0 bridgehead atoms. The number of likely N-dealkylation sites (tertiary alicyclic amines) is 1. The summed E-state index contributed by atoms with van der Waals surface area (Å²) in [5.74, 6) is 0.0813. The van der Waals surface area contributed by atoms with E-state index >= 15 is 0 Å². The van der Waals surface area contributed by atoms with Crippen molar-refractivity contribution in [1.29, 1.82) is 0 Å². The van der Waals surface area contributed by atoms with Gasteiger partial charge in [-0.25, -0.2) is 4.79 Å². The van der Waals surface area contributed by atoms with E-state index in [4.69, 9.17) is 4.74 Å². The van der Waals surface area contributed by atoms with Crippen molar-refractivity contribution >= 4 is 6.09 Å². The number of hydrogen-bond donors (Lipinski definition) is 1. The van der Waals surface area contributed by atoms with E-state index in [0.29, 0.717) is 6.42 Å². The van der Waals surface area contributed by atoms with Crippen LogP contribution in [0.4, 0.5) is 4.79 Å². The zero-order chi connectivity index (χ0) is 22.3. The van der Waals surface area contributed by atoms with Crippen LogP contribution in [0.3, 0.4) is 0 Å². The van der Waals surface area contributed by atoms with E-state index in [1.165, 1.54) is 5.56 Å². The molecule has 4 nitrogen and oxygen atoms in total. The van der Waals surface area contributed by atoms with Gasteiger partial charge in [0.2, 0.25) is 0 Å². The maximum atomic E-state index is 12.6. The van der Waals surface area contributed by atoms with Crippen molar-refractivity contribution in [3.05, 3.63) is 71.8 Å². The van der Waals surface area contributed by atoms with Crippen LogP contribution < -0.4 is 0 Å². The quantitative estimate of drug-likeness (QED) is 0.571. The van der Waals surface area contributed by atoms with Gasteiger partial charge in [-0.2, -0.15) is 0 Å². The van der Waals surface area contributed by atoms with Crippen LogP contribution >= 0.6 is 0 Å². The highest BCUT2D eigenvalue weighted by molar-refractivity contribution is 5.68. The zero-order valence-corrected chi connectivity index (χ0v) is 19.2. The van der Waals surface area contributed by atoms with Crippen LogP contribution in [0.1, 0.15) is 69.9 Å². The maximum Gasteiger partial charge on any atom is 0.410 e. The summed E-state index contributed by atoms with van der Waals surface area (Å²) >= 11 is 0. The smallest absolute Gasteiger partial charge is 0.410 e.